The molecule has 0 saturated carbocycles. The van der Waals surface area contributed by atoms with Gasteiger partial charge in [-0.05, 0) is 31.2 Å². The zero-order valence-electron chi connectivity index (χ0n) is 10.2. The molecule has 1 aromatic heterocycles. The van der Waals surface area contributed by atoms with Crippen LogP contribution in [0.25, 0.3) is 0 Å². The lowest BCUT2D eigenvalue weighted by Crippen LogP contribution is -2.06. The number of nitrogens with one attached hydrogen (secondary N) is 1. The van der Waals surface area contributed by atoms with Crippen molar-refractivity contribution in [2.45, 2.75) is 13.5 Å². The summed E-state index contributed by atoms with van der Waals surface area (Å²) in [6.07, 6.45) is 0. The van der Waals surface area contributed by atoms with E-state index in [2.05, 4.69) is 32.4 Å². The second-order valence-electron chi connectivity index (χ2n) is 4.06. The SMILES string of the molecule is Cc1cc(CNc2ccc(Br)cc2C#N)n(C)n1. The molecule has 18 heavy (non-hydrogen) atoms. The molecule has 0 saturated heterocycles. The number of anilines is 1. The van der Waals surface area contributed by atoms with Gasteiger partial charge in [-0.25, -0.2) is 0 Å². The quantitative estimate of drug-likeness (QED) is 0.948. The summed E-state index contributed by atoms with van der Waals surface area (Å²) in [5.41, 5.74) is 3.53. The average Bonchev–Trinajstić information content (AvgIpc) is 2.66. The Morgan fingerprint density at radius 2 is 2.22 bits per heavy atom. The molecule has 1 N–H and O–H groups in total. The first kappa shape index (κ1) is 12.7. The van der Waals surface area contributed by atoms with Crippen LogP contribution >= 0.6 is 15.9 Å². The lowest BCUT2D eigenvalue weighted by molar-refractivity contribution is 0.713. The maximum absolute atomic E-state index is 9.07. The Balaban J connectivity index is 2.16. The number of aromatic nitrogens is 2. The molecular weight excluding hydrogens is 292 g/mol. The van der Waals surface area contributed by atoms with Crippen molar-refractivity contribution in [3.05, 3.63) is 45.7 Å². The van der Waals surface area contributed by atoms with Gasteiger partial charge in [0, 0.05) is 11.5 Å². The normalized spacial score (nSPS) is 10.1. The van der Waals surface area contributed by atoms with Crippen LogP contribution in [0.3, 0.4) is 0 Å². The van der Waals surface area contributed by atoms with E-state index in [9.17, 15) is 0 Å². The number of nitrogens with zero attached hydrogens (tertiary/aromatic N) is 3. The van der Waals surface area contributed by atoms with Crippen LogP contribution in [0.1, 0.15) is 17.0 Å². The van der Waals surface area contributed by atoms with Crippen molar-refractivity contribution in [3.63, 3.8) is 0 Å². The maximum Gasteiger partial charge on any atom is 0.101 e. The number of nitriles is 1. The fourth-order valence-electron chi connectivity index (χ4n) is 1.78. The molecule has 0 aliphatic rings. The highest BCUT2D eigenvalue weighted by molar-refractivity contribution is 9.10. The first-order valence-corrected chi connectivity index (χ1v) is 6.32. The van der Waals surface area contributed by atoms with Crippen LogP contribution in [0.4, 0.5) is 5.69 Å². The Morgan fingerprint density at radius 3 is 2.83 bits per heavy atom. The monoisotopic (exact) mass is 304 g/mol. The summed E-state index contributed by atoms with van der Waals surface area (Å²) >= 11 is 3.36. The minimum absolute atomic E-state index is 0.628. The molecule has 0 fully saturated rings. The summed E-state index contributed by atoms with van der Waals surface area (Å²) in [5.74, 6) is 0. The van der Waals surface area contributed by atoms with Gasteiger partial charge in [-0.15, -0.1) is 0 Å². The Kier molecular flexibility index (Phi) is 3.68. The van der Waals surface area contributed by atoms with E-state index in [1.54, 1.807) is 6.07 Å². The molecule has 1 aromatic carbocycles. The highest BCUT2D eigenvalue weighted by Gasteiger charge is 2.05. The molecule has 2 aromatic rings. The van der Waals surface area contributed by atoms with Crippen molar-refractivity contribution in [1.82, 2.24) is 9.78 Å². The molecule has 0 radical (unpaired) electrons. The number of hydrogen-bond acceptors (Lipinski definition) is 3. The molecule has 0 unspecified atom stereocenters. The number of aryl methyl sites for hydroxylation is 2. The van der Waals surface area contributed by atoms with Gasteiger partial charge in [0.25, 0.3) is 0 Å². The lowest BCUT2D eigenvalue weighted by Gasteiger charge is -2.08. The molecule has 0 atom stereocenters. The van der Waals surface area contributed by atoms with Crippen LogP contribution < -0.4 is 5.32 Å². The Labute approximate surface area is 114 Å². The summed E-state index contributed by atoms with van der Waals surface area (Å²) in [6.45, 7) is 2.61. The van der Waals surface area contributed by atoms with Crippen molar-refractivity contribution in [1.29, 1.82) is 5.26 Å². The van der Waals surface area contributed by atoms with E-state index in [4.69, 9.17) is 5.26 Å². The summed E-state index contributed by atoms with van der Waals surface area (Å²) < 4.78 is 2.74. The molecule has 1 heterocycles. The molecule has 2 rings (SSSR count). The van der Waals surface area contributed by atoms with Gasteiger partial charge >= 0.3 is 0 Å². The molecule has 0 aliphatic heterocycles. The van der Waals surface area contributed by atoms with Crippen LogP contribution in [0.5, 0.6) is 0 Å². The second kappa shape index (κ2) is 5.23. The predicted octanol–water partition coefficient (Wildman–Crippen LogP) is 2.97. The third-order valence-electron chi connectivity index (χ3n) is 2.66. The van der Waals surface area contributed by atoms with Crippen LogP contribution in [0.15, 0.2) is 28.7 Å². The van der Waals surface area contributed by atoms with Gasteiger partial charge in [0.05, 0.1) is 29.2 Å². The topological polar surface area (TPSA) is 53.6 Å². The third-order valence-corrected chi connectivity index (χ3v) is 3.15. The minimum Gasteiger partial charge on any atom is -0.378 e. The van der Waals surface area contributed by atoms with E-state index in [-0.39, 0.29) is 0 Å². The molecule has 0 bridgehead atoms. The first-order chi connectivity index (χ1) is 8.60. The van der Waals surface area contributed by atoms with Gasteiger partial charge in [-0.2, -0.15) is 10.4 Å². The summed E-state index contributed by atoms with van der Waals surface area (Å²) in [6, 6.07) is 9.81. The highest BCUT2D eigenvalue weighted by Crippen LogP contribution is 2.20. The van der Waals surface area contributed by atoms with Crippen molar-refractivity contribution >= 4 is 21.6 Å². The average molecular weight is 305 g/mol. The first-order valence-electron chi connectivity index (χ1n) is 5.53. The summed E-state index contributed by atoms with van der Waals surface area (Å²) in [7, 11) is 1.91. The van der Waals surface area contributed by atoms with Crippen molar-refractivity contribution < 1.29 is 0 Å². The van der Waals surface area contributed by atoms with Crippen LogP contribution in [0, 0.1) is 18.3 Å². The second-order valence-corrected chi connectivity index (χ2v) is 4.97. The fourth-order valence-corrected chi connectivity index (χ4v) is 2.14. The molecule has 0 amide bonds. The summed E-state index contributed by atoms with van der Waals surface area (Å²) in [4.78, 5) is 0. The van der Waals surface area contributed by atoms with E-state index in [0.717, 1.165) is 21.5 Å². The van der Waals surface area contributed by atoms with Crippen LogP contribution in [-0.2, 0) is 13.6 Å². The van der Waals surface area contributed by atoms with Crippen molar-refractivity contribution in [3.8, 4) is 6.07 Å². The molecule has 0 aliphatic carbocycles. The minimum atomic E-state index is 0.628. The van der Waals surface area contributed by atoms with Gasteiger partial charge < -0.3 is 5.32 Å². The lowest BCUT2D eigenvalue weighted by atomic mass is 10.2. The Morgan fingerprint density at radius 1 is 1.44 bits per heavy atom. The van der Waals surface area contributed by atoms with E-state index in [0.29, 0.717) is 12.1 Å². The number of halogens is 1. The number of hydrogen-bond donors (Lipinski definition) is 1. The zero-order valence-corrected chi connectivity index (χ0v) is 11.8. The molecule has 4 nitrogen and oxygen atoms in total. The van der Waals surface area contributed by atoms with E-state index < -0.39 is 0 Å². The molecule has 5 heteroatoms. The smallest absolute Gasteiger partial charge is 0.101 e. The van der Waals surface area contributed by atoms with E-state index in [1.165, 1.54) is 0 Å². The van der Waals surface area contributed by atoms with E-state index in [1.807, 2.05) is 36.9 Å². The van der Waals surface area contributed by atoms with Gasteiger partial charge in [-0.3, -0.25) is 4.68 Å². The number of benzene rings is 1. The fraction of sp³-hybridized carbons (Fsp3) is 0.231. The van der Waals surface area contributed by atoms with Crippen molar-refractivity contribution in [2.75, 3.05) is 5.32 Å². The maximum atomic E-state index is 9.07. The van der Waals surface area contributed by atoms with Crippen molar-refractivity contribution in [2.24, 2.45) is 7.05 Å². The Bertz CT molecular complexity index is 610. The molecular formula is C13H13BrN4. The van der Waals surface area contributed by atoms with Crippen LogP contribution in [0.2, 0.25) is 0 Å². The summed E-state index contributed by atoms with van der Waals surface area (Å²) in [5, 5.41) is 16.6. The molecule has 0 spiro atoms. The van der Waals surface area contributed by atoms with Gasteiger partial charge in [0.1, 0.15) is 6.07 Å². The standard InChI is InChI=1S/C13H13BrN4/c1-9-5-12(18(2)17-9)8-16-13-4-3-11(14)6-10(13)7-15/h3-6,16H,8H2,1-2H3. The van der Waals surface area contributed by atoms with Gasteiger partial charge in [0.15, 0.2) is 0 Å². The van der Waals surface area contributed by atoms with Crippen LogP contribution in [-0.4, -0.2) is 9.78 Å². The zero-order chi connectivity index (χ0) is 13.1. The van der Waals surface area contributed by atoms with E-state index >= 15 is 0 Å². The highest BCUT2D eigenvalue weighted by atomic mass is 79.9. The third kappa shape index (κ3) is 2.71. The van der Waals surface area contributed by atoms with Gasteiger partial charge in [-0.1, -0.05) is 15.9 Å². The Hall–Kier alpha value is -1.80. The van der Waals surface area contributed by atoms with Gasteiger partial charge in [0.2, 0.25) is 0 Å². The largest absolute Gasteiger partial charge is 0.378 e. The molecule has 92 valence electrons. The predicted molar refractivity (Wildman–Crippen MR) is 74.1 cm³/mol. The number of rotatable bonds is 3.